The van der Waals surface area contributed by atoms with Gasteiger partial charge in [0, 0.05) is 25.2 Å². The van der Waals surface area contributed by atoms with E-state index in [9.17, 15) is 4.39 Å². The van der Waals surface area contributed by atoms with E-state index >= 15 is 0 Å². The number of nitrogens with one attached hydrogen (secondary N) is 1. The van der Waals surface area contributed by atoms with Crippen LogP contribution in [0.2, 0.25) is 0 Å². The molecule has 1 aliphatic heterocycles. The third-order valence-corrected chi connectivity index (χ3v) is 3.66. The van der Waals surface area contributed by atoms with Gasteiger partial charge in [-0.1, -0.05) is 6.42 Å². The molecule has 21 heavy (non-hydrogen) atoms. The summed E-state index contributed by atoms with van der Waals surface area (Å²) in [5, 5.41) is 3.29. The molecule has 0 unspecified atom stereocenters. The molecule has 1 heterocycles. The van der Waals surface area contributed by atoms with Gasteiger partial charge in [0.1, 0.15) is 0 Å². The maximum Gasteiger partial charge on any atom is 0.167 e. The fraction of sp³-hybridized carbons (Fsp3) is 0.625. The second-order valence-corrected chi connectivity index (χ2v) is 5.87. The number of hydrogen-bond acceptors (Lipinski definition) is 4. The molecule has 0 amide bonds. The zero-order valence-electron chi connectivity index (χ0n) is 13.0. The summed E-state index contributed by atoms with van der Waals surface area (Å²) in [6.45, 7) is 7.87. The number of rotatable bonds is 6. The predicted octanol–water partition coefficient (Wildman–Crippen LogP) is 3.09. The van der Waals surface area contributed by atoms with Crippen LogP contribution in [0.25, 0.3) is 0 Å². The van der Waals surface area contributed by atoms with Crippen molar-refractivity contribution in [1.82, 2.24) is 4.90 Å². The number of halogens is 1. The predicted molar refractivity (Wildman–Crippen MR) is 85.4 cm³/mol. The first kappa shape index (κ1) is 15.9. The van der Waals surface area contributed by atoms with Gasteiger partial charge in [0.2, 0.25) is 0 Å². The molecule has 3 N–H and O–H groups in total. The van der Waals surface area contributed by atoms with Crippen molar-refractivity contribution in [3.05, 3.63) is 17.9 Å². The Bertz CT molecular complexity index is 459. The largest absolute Gasteiger partial charge is 0.488 e. The molecule has 0 saturated carbocycles. The fourth-order valence-corrected chi connectivity index (χ4v) is 2.60. The summed E-state index contributed by atoms with van der Waals surface area (Å²) >= 11 is 0. The lowest BCUT2D eigenvalue weighted by Crippen LogP contribution is -2.33. The normalized spacial score (nSPS) is 16.2. The molecule has 5 heteroatoms. The van der Waals surface area contributed by atoms with Crippen molar-refractivity contribution >= 4 is 11.4 Å². The summed E-state index contributed by atoms with van der Waals surface area (Å²) in [5.74, 6) is -0.164. The van der Waals surface area contributed by atoms with E-state index in [4.69, 9.17) is 10.5 Å². The Morgan fingerprint density at radius 3 is 2.67 bits per heavy atom. The zero-order chi connectivity index (χ0) is 15.2. The molecular formula is C16H26FN3O. The van der Waals surface area contributed by atoms with Crippen LogP contribution in [0, 0.1) is 5.82 Å². The van der Waals surface area contributed by atoms with Crippen LogP contribution in [0.3, 0.4) is 0 Å². The van der Waals surface area contributed by atoms with Crippen molar-refractivity contribution in [2.45, 2.75) is 39.2 Å². The van der Waals surface area contributed by atoms with E-state index in [1.54, 1.807) is 6.07 Å². The van der Waals surface area contributed by atoms with Gasteiger partial charge in [-0.05, 0) is 39.8 Å². The van der Waals surface area contributed by atoms with E-state index in [-0.39, 0.29) is 11.9 Å². The molecule has 0 spiro atoms. The second-order valence-electron chi connectivity index (χ2n) is 5.87. The molecule has 1 aromatic carbocycles. The summed E-state index contributed by atoms with van der Waals surface area (Å²) in [6, 6.07) is 2.97. The minimum Gasteiger partial charge on any atom is -0.488 e. The first-order chi connectivity index (χ1) is 10.1. The number of hydrogen-bond donors (Lipinski definition) is 2. The Balaban J connectivity index is 1.92. The van der Waals surface area contributed by atoms with E-state index in [2.05, 4.69) is 10.2 Å². The standard InChI is InChI=1S/C16H26FN3O/c1-12(2)21-16-11-15(14(18)10-13(16)17)19-6-9-20-7-4-3-5-8-20/h10-12,19H,3-9,18H2,1-2H3. The Labute approximate surface area is 126 Å². The quantitative estimate of drug-likeness (QED) is 0.792. The molecule has 2 rings (SSSR count). The number of nitrogen functional groups attached to an aromatic ring is 1. The molecule has 0 aliphatic carbocycles. The van der Waals surface area contributed by atoms with Gasteiger partial charge in [-0.25, -0.2) is 4.39 Å². The smallest absolute Gasteiger partial charge is 0.167 e. The van der Waals surface area contributed by atoms with Gasteiger partial charge in [-0.3, -0.25) is 0 Å². The Morgan fingerprint density at radius 2 is 2.00 bits per heavy atom. The lowest BCUT2D eigenvalue weighted by Gasteiger charge is -2.26. The number of benzene rings is 1. The van der Waals surface area contributed by atoms with Crippen LogP contribution < -0.4 is 15.8 Å². The molecule has 4 nitrogen and oxygen atoms in total. The van der Waals surface area contributed by atoms with Crippen molar-refractivity contribution in [3.8, 4) is 5.75 Å². The van der Waals surface area contributed by atoms with E-state index in [1.165, 1.54) is 38.4 Å². The highest BCUT2D eigenvalue weighted by atomic mass is 19.1. The highest BCUT2D eigenvalue weighted by Gasteiger charge is 2.12. The van der Waals surface area contributed by atoms with Gasteiger partial charge in [0.25, 0.3) is 0 Å². The minimum atomic E-state index is -0.414. The van der Waals surface area contributed by atoms with Crippen LogP contribution in [-0.2, 0) is 0 Å². The van der Waals surface area contributed by atoms with Gasteiger partial charge in [0.05, 0.1) is 17.5 Å². The first-order valence-corrected chi connectivity index (χ1v) is 7.78. The number of anilines is 2. The molecular weight excluding hydrogens is 269 g/mol. The van der Waals surface area contributed by atoms with Gasteiger partial charge in [-0.15, -0.1) is 0 Å². The number of ether oxygens (including phenoxy) is 1. The van der Waals surface area contributed by atoms with Crippen LogP contribution in [0.4, 0.5) is 15.8 Å². The van der Waals surface area contributed by atoms with E-state index in [1.807, 2.05) is 13.8 Å². The second kappa shape index (κ2) is 7.50. The number of nitrogens with two attached hydrogens (primary N) is 1. The van der Waals surface area contributed by atoms with Crippen LogP contribution in [-0.4, -0.2) is 37.2 Å². The van der Waals surface area contributed by atoms with Crippen LogP contribution >= 0.6 is 0 Å². The average molecular weight is 295 g/mol. The van der Waals surface area contributed by atoms with E-state index in [0.717, 1.165) is 18.8 Å². The maximum absolute atomic E-state index is 13.8. The molecule has 1 saturated heterocycles. The molecule has 1 aromatic rings. The molecule has 118 valence electrons. The first-order valence-electron chi connectivity index (χ1n) is 7.78. The Morgan fingerprint density at radius 1 is 1.29 bits per heavy atom. The van der Waals surface area contributed by atoms with Gasteiger partial charge < -0.3 is 20.7 Å². The van der Waals surface area contributed by atoms with Gasteiger partial charge >= 0.3 is 0 Å². The van der Waals surface area contributed by atoms with Crippen LogP contribution in [0.1, 0.15) is 33.1 Å². The lowest BCUT2D eigenvalue weighted by molar-refractivity contribution is 0.231. The van der Waals surface area contributed by atoms with Crippen molar-refractivity contribution in [2.24, 2.45) is 0 Å². The summed E-state index contributed by atoms with van der Waals surface area (Å²) in [6.07, 6.45) is 3.84. The molecule has 0 bridgehead atoms. The van der Waals surface area contributed by atoms with E-state index in [0.29, 0.717) is 5.69 Å². The van der Waals surface area contributed by atoms with Gasteiger partial charge in [-0.2, -0.15) is 0 Å². The third-order valence-electron chi connectivity index (χ3n) is 3.66. The number of piperidine rings is 1. The number of nitrogens with zero attached hydrogens (tertiary/aromatic N) is 1. The van der Waals surface area contributed by atoms with Crippen molar-refractivity contribution in [2.75, 3.05) is 37.2 Å². The summed E-state index contributed by atoms with van der Waals surface area (Å²) in [4.78, 5) is 2.45. The Kier molecular flexibility index (Phi) is 5.67. The third kappa shape index (κ3) is 4.77. The van der Waals surface area contributed by atoms with Gasteiger partial charge in [0.15, 0.2) is 11.6 Å². The minimum absolute atomic E-state index is 0.0654. The highest BCUT2D eigenvalue weighted by Crippen LogP contribution is 2.28. The zero-order valence-corrected chi connectivity index (χ0v) is 13.0. The fourth-order valence-electron chi connectivity index (χ4n) is 2.60. The summed E-state index contributed by atoms with van der Waals surface area (Å²) < 4.78 is 19.2. The van der Waals surface area contributed by atoms with Crippen molar-refractivity contribution in [3.63, 3.8) is 0 Å². The molecule has 1 fully saturated rings. The highest BCUT2D eigenvalue weighted by molar-refractivity contribution is 5.68. The molecule has 0 radical (unpaired) electrons. The molecule has 0 atom stereocenters. The van der Waals surface area contributed by atoms with E-state index < -0.39 is 5.82 Å². The average Bonchev–Trinajstić information content (AvgIpc) is 2.44. The number of likely N-dealkylation sites (tertiary alicyclic amines) is 1. The monoisotopic (exact) mass is 295 g/mol. The summed E-state index contributed by atoms with van der Waals surface area (Å²) in [5.41, 5.74) is 7.03. The maximum atomic E-state index is 13.8. The lowest BCUT2D eigenvalue weighted by atomic mass is 10.1. The van der Waals surface area contributed by atoms with Crippen LogP contribution in [0.5, 0.6) is 5.75 Å². The Hall–Kier alpha value is -1.49. The molecule has 1 aliphatic rings. The van der Waals surface area contributed by atoms with Crippen molar-refractivity contribution < 1.29 is 9.13 Å². The van der Waals surface area contributed by atoms with Crippen molar-refractivity contribution in [1.29, 1.82) is 0 Å². The van der Waals surface area contributed by atoms with Crippen LogP contribution in [0.15, 0.2) is 12.1 Å². The SMILES string of the molecule is CC(C)Oc1cc(NCCN2CCCCC2)c(N)cc1F. The topological polar surface area (TPSA) is 50.5 Å². The summed E-state index contributed by atoms with van der Waals surface area (Å²) in [7, 11) is 0. The molecule has 0 aromatic heterocycles.